The molecule has 0 radical (unpaired) electrons. The van der Waals surface area contributed by atoms with Crippen molar-refractivity contribution in [2.75, 3.05) is 7.11 Å². The van der Waals surface area contributed by atoms with Gasteiger partial charge in [0.05, 0.1) is 25.2 Å². The van der Waals surface area contributed by atoms with Gasteiger partial charge in [0.2, 0.25) is 0 Å². The molecule has 0 bridgehead atoms. The van der Waals surface area contributed by atoms with Crippen molar-refractivity contribution in [3.05, 3.63) is 36.0 Å². The molecule has 1 aliphatic carbocycles. The van der Waals surface area contributed by atoms with Crippen LogP contribution in [0.5, 0.6) is 0 Å². The Kier molecular flexibility index (Phi) is 2.55. The van der Waals surface area contributed by atoms with E-state index in [0.717, 1.165) is 5.69 Å². The fourth-order valence-electron chi connectivity index (χ4n) is 1.71. The highest BCUT2D eigenvalue weighted by Gasteiger charge is 2.26. The summed E-state index contributed by atoms with van der Waals surface area (Å²) in [6.07, 6.45) is 7.18. The van der Waals surface area contributed by atoms with E-state index in [2.05, 4.69) is 19.8 Å². The van der Waals surface area contributed by atoms with Crippen molar-refractivity contribution in [3.63, 3.8) is 0 Å². The minimum absolute atomic E-state index is 0.191. The number of aromatic nitrogens is 4. The summed E-state index contributed by atoms with van der Waals surface area (Å²) in [6.45, 7) is 0. The van der Waals surface area contributed by atoms with E-state index in [0.29, 0.717) is 11.7 Å². The van der Waals surface area contributed by atoms with E-state index in [1.54, 1.807) is 4.68 Å². The molecular formula is C12H12N4O2. The number of carbonyl (C=O) groups is 1. The topological polar surface area (TPSA) is 69.9 Å². The summed E-state index contributed by atoms with van der Waals surface area (Å²) in [4.78, 5) is 19.4. The number of hydrogen-bond acceptors (Lipinski definition) is 5. The molecule has 2 aromatic heterocycles. The monoisotopic (exact) mass is 244 g/mol. The van der Waals surface area contributed by atoms with Crippen LogP contribution in [0.3, 0.4) is 0 Å². The second-order valence-electron chi connectivity index (χ2n) is 4.21. The lowest BCUT2D eigenvalue weighted by molar-refractivity contribution is 0.0593. The van der Waals surface area contributed by atoms with Gasteiger partial charge in [0.25, 0.3) is 0 Å². The van der Waals surface area contributed by atoms with Gasteiger partial charge in [-0.1, -0.05) is 0 Å². The molecule has 0 aromatic carbocycles. The number of nitrogens with zero attached hydrogens (tertiary/aromatic N) is 4. The Labute approximate surface area is 104 Å². The number of esters is 1. The Hall–Kier alpha value is -2.24. The normalized spacial score (nSPS) is 14.5. The number of methoxy groups -OCH3 is 1. The first-order valence-corrected chi connectivity index (χ1v) is 5.74. The third-order valence-electron chi connectivity index (χ3n) is 2.87. The third kappa shape index (κ3) is 1.97. The standard InChI is InChI=1S/C12H12N4O2/c1-18-12(17)10-6-14-11(7-13-10)16-5-4-9(15-16)8-2-3-8/h4-8H,2-3H2,1H3. The number of carbonyl (C=O) groups excluding carboxylic acids is 1. The summed E-state index contributed by atoms with van der Waals surface area (Å²) in [7, 11) is 1.31. The molecule has 3 rings (SSSR count). The van der Waals surface area contributed by atoms with E-state index < -0.39 is 5.97 Å². The molecule has 0 unspecified atom stereocenters. The van der Waals surface area contributed by atoms with Gasteiger partial charge >= 0.3 is 5.97 Å². The predicted octanol–water partition coefficient (Wildman–Crippen LogP) is 1.33. The number of hydrogen-bond donors (Lipinski definition) is 0. The van der Waals surface area contributed by atoms with Crippen LogP contribution in [-0.4, -0.2) is 32.8 Å². The van der Waals surface area contributed by atoms with Crippen LogP contribution in [0.15, 0.2) is 24.7 Å². The number of rotatable bonds is 3. The lowest BCUT2D eigenvalue weighted by atomic mass is 10.3. The summed E-state index contributed by atoms with van der Waals surface area (Å²) in [5.41, 5.74) is 1.28. The van der Waals surface area contributed by atoms with E-state index in [1.807, 2.05) is 12.3 Å². The van der Waals surface area contributed by atoms with Crippen LogP contribution in [0, 0.1) is 0 Å². The maximum Gasteiger partial charge on any atom is 0.358 e. The van der Waals surface area contributed by atoms with Crippen LogP contribution in [0.1, 0.15) is 34.9 Å². The van der Waals surface area contributed by atoms with Crippen molar-refractivity contribution < 1.29 is 9.53 Å². The van der Waals surface area contributed by atoms with Crippen molar-refractivity contribution in [2.45, 2.75) is 18.8 Å². The molecule has 18 heavy (non-hydrogen) atoms. The Balaban J connectivity index is 1.84. The third-order valence-corrected chi connectivity index (χ3v) is 2.87. The largest absolute Gasteiger partial charge is 0.464 e. The van der Waals surface area contributed by atoms with Crippen LogP contribution >= 0.6 is 0 Å². The molecule has 1 fully saturated rings. The molecule has 2 aromatic rings. The molecule has 0 atom stereocenters. The van der Waals surface area contributed by atoms with Crippen molar-refractivity contribution >= 4 is 5.97 Å². The second-order valence-corrected chi connectivity index (χ2v) is 4.21. The van der Waals surface area contributed by atoms with Crippen molar-refractivity contribution in [1.82, 2.24) is 19.7 Å². The van der Waals surface area contributed by atoms with E-state index in [9.17, 15) is 4.79 Å². The Morgan fingerprint density at radius 2 is 2.22 bits per heavy atom. The molecular weight excluding hydrogens is 232 g/mol. The Bertz CT molecular complexity index is 572. The molecule has 6 heteroatoms. The maximum absolute atomic E-state index is 11.2. The Morgan fingerprint density at radius 3 is 2.83 bits per heavy atom. The first kappa shape index (κ1) is 10.9. The summed E-state index contributed by atoms with van der Waals surface area (Å²) >= 11 is 0. The van der Waals surface area contributed by atoms with Crippen molar-refractivity contribution in [2.24, 2.45) is 0 Å². The van der Waals surface area contributed by atoms with E-state index in [1.165, 1.54) is 32.3 Å². The maximum atomic E-state index is 11.2. The first-order valence-electron chi connectivity index (χ1n) is 5.74. The predicted molar refractivity (Wildman–Crippen MR) is 62.5 cm³/mol. The molecule has 0 amide bonds. The molecule has 92 valence electrons. The first-order chi connectivity index (χ1) is 8.78. The summed E-state index contributed by atoms with van der Waals surface area (Å²) in [6, 6.07) is 1.99. The number of ether oxygens (including phenoxy) is 1. The van der Waals surface area contributed by atoms with Gasteiger partial charge in [-0.2, -0.15) is 5.10 Å². The van der Waals surface area contributed by atoms with Gasteiger partial charge in [0.1, 0.15) is 0 Å². The molecule has 0 aliphatic heterocycles. The van der Waals surface area contributed by atoms with Gasteiger partial charge in [-0.3, -0.25) is 0 Å². The quantitative estimate of drug-likeness (QED) is 0.762. The minimum atomic E-state index is -0.492. The van der Waals surface area contributed by atoms with Crippen molar-refractivity contribution in [1.29, 1.82) is 0 Å². The van der Waals surface area contributed by atoms with E-state index in [4.69, 9.17) is 0 Å². The fourth-order valence-corrected chi connectivity index (χ4v) is 1.71. The molecule has 0 saturated heterocycles. The van der Waals surface area contributed by atoms with Crippen LogP contribution in [0.4, 0.5) is 0 Å². The van der Waals surface area contributed by atoms with Gasteiger partial charge in [-0.05, 0) is 18.9 Å². The highest BCUT2D eigenvalue weighted by Crippen LogP contribution is 2.38. The van der Waals surface area contributed by atoms with Gasteiger partial charge in [0, 0.05) is 12.1 Å². The zero-order valence-corrected chi connectivity index (χ0v) is 9.91. The van der Waals surface area contributed by atoms with Gasteiger partial charge in [-0.15, -0.1) is 0 Å². The average molecular weight is 244 g/mol. The summed E-state index contributed by atoms with van der Waals surface area (Å²) < 4.78 is 6.23. The molecule has 1 saturated carbocycles. The fraction of sp³-hybridized carbons (Fsp3) is 0.333. The lowest BCUT2D eigenvalue weighted by Gasteiger charge is -2.01. The van der Waals surface area contributed by atoms with Crippen LogP contribution < -0.4 is 0 Å². The van der Waals surface area contributed by atoms with Gasteiger partial charge in [-0.25, -0.2) is 19.4 Å². The van der Waals surface area contributed by atoms with Crippen molar-refractivity contribution in [3.8, 4) is 5.82 Å². The summed E-state index contributed by atoms with van der Waals surface area (Å²) in [5, 5.41) is 4.44. The Morgan fingerprint density at radius 1 is 1.39 bits per heavy atom. The van der Waals surface area contributed by atoms with Crippen LogP contribution in [0.2, 0.25) is 0 Å². The smallest absolute Gasteiger partial charge is 0.358 e. The van der Waals surface area contributed by atoms with E-state index >= 15 is 0 Å². The average Bonchev–Trinajstić information content (AvgIpc) is 3.16. The lowest BCUT2D eigenvalue weighted by Crippen LogP contribution is -2.07. The van der Waals surface area contributed by atoms with Crippen LogP contribution in [0.25, 0.3) is 5.82 Å². The zero-order valence-electron chi connectivity index (χ0n) is 9.91. The molecule has 1 aliphatic rings. The van der Waals surface area contributed by atoms with Crippen LogP contribution in [-0.2, 0) is 4.74 Å². The SMILES string of the molecule is COC(=O)c1cnc(-n2ccc(C3CC3)n2)cn1. The molecule has 2 heterocycles. The highest BCUT2D eigenvalue weighted by molar-refractivity contribution is 5.86. The van der Waals surface area contributed by atoms with Gasteiger partial charge in [0.15, 0.2) is 11.5 Å². The minimum Gasteiger partial charge on any atom is -0.464 e. The highest BCUT2D eigenvalue weighted by atomic mass is 16.5. The van der Waals surface area contributed by atoms with E-state index in [-0.39, 0.29) is 5.69 Å². The molecule has 6 nitrogen and oxygen atoms in total. The second kappa shape index (κ2) is 4.21. The molecule has 0 N–H and O–H groups in total. The summed E-state index contributed by atoms with van der Waals surface area (Å²) in [5.74, 6) is 0.705. The molecule has 0 spiro atoms. The zero-order chi connectivity index (χ0) is 12.5. The van der Waals surface area contributed by atoms with Gasteiger partial charge < -0.3 is 4.74 Å².